The highest BCUT2D eigenvalue weighted by Gasteiger charge is 2.44. The lowest BCUT2D eigenvalue weighted by molar-refractivity contribution is -0.130. The molecule has 0 radical (unpaired) electrons. The molecule has 0 aliphatic heterocycles. The smallest absolute Gasteiger partial charge is 0.225 e. The van der Waals surface area contributed by atoms with Gasteiger partial charge in [0.25, 0.3) is 0 Å². The summed E-state index contributed by atoms with van der Waals surface area (Å²) < 4.78 is 2.00. The van der Waals surface area contributed by atoms with Gasteiger partial charge in [-0.3, -0.25) is 4.79 Å². The third-order valence-corrected chi connectivity index (χ3v) is 6.29. The van der Waals surface area contributed by atoms with Crippen LogP contribution in [-0.4, -0.2) is 39.4 Å². The SMILES string of the molecule is CN(C)C(=O)[C@@H]1C[C@@H]1c1ccc(-c2ncn(C)c2Sc2ccc(Cl)cn2)cc1. The second-order valence-corrected chi connectivity index (χ2v) is 8.67. The Morgan fingerprint density at radius 2 is 1.93 bits per heavy atom. The number of aryl methyl sites for hydroxylation is 1. The molecule has 0 N–H and O–H groups in total. The summed E-state index contributed by atoms with van der Waals surface area (Å²) in [6.45, 7) is 0. The Labute approximate surface area is 173 Å². The Morgan fingerprint density at radius 1 is 1.18 bits per heavy atom. The lowest BCUT2D eigenvalue weighted by Crippen LogP contribution is -2.23. The van der Waals surface area contributed by atoms with Crippen LogP contribution in [0.25, 0.3) is 11.3 Å². The Hall–Kier alpha value is -2.31. The molecule has 1 aliphatic rings. The van der Waals surface area contributed by atoms with Gasteiger partial charge in [-0.25, -0.2) is 9.97 Å². The number of hydrogen-bond donors (Lipinski definition) is 0. The van der Waals surface area contributed by atoms with E-state index in [-0.39, 0.29) is 11.8 Å². The second-order valence-electron chi connectivity index (χ2n) is 7.23. The third kappa shape index (κ3) is 3.80. The molecule has 1 aliphatic carbocycles. The summed E-state index contributed by atoms with van der Waals surface area (Å²) in [5.41, 5.74) is 3.19. The molecule has 2 atom stereocenters. The van der Waals surface area contributed by atoms with Gasteiger partial charge in [-0.2, -0.15) is 0 Å². The molecule has 0 bridgehead atoms. The lowest BCUT2D eigenvalue weighted by atomic mass is 10.0. The molecule has 7 heteroatoms. The monoisotopic (exact) mass is 412 g/mol. The number of nitrogens with zero attached hydrogens (tertiary/aromatic N) is 4. The third-order valence-electron chi connectivity index (χ3n) is 4.95. The summed E-state index contributed by atoms with van der Waals surface area (Å²) in [6.07, 6.45) is 4.40. The van der Waals surface area contributed by atoms with Gasteiger partial charge >= 0.3 is 0 Å². The number of rotatable bonds is 5. The molecular weight excluding hydrogens is 392 g/mol. The van der Waals surface area contributed by atoms with Crippen LogP contribution in [0.4, 0.5) is 0 Å². The lowest BCUT2D eigenvalue weighted by Gasteiger charge is -2.10. The van der Waals surface area contributed by atoms with Crippen molar-refractivity contribution in [3.05, 3.63) is 59.5 Å². The van der Waals surface area contributed by atoms with E-state index in [2.05, 4.69) is 34.2 Å². The molecule has 3 aromatic rings. The van der Waals surface area contributed by atoms with Crippen molar-refractivity contribution in [2.75, 3.05) is 14.1 Å². The van der Waals surface area contributed by atoms with Crippen molar-refractivity contribution in [1.82, 2.24) is 19.4 Å². The van der Waals surface area contributed by atoms with Gasteiger partial charge in [-0.1, -0.05) is 35.9 Å². The highest BCUT2D eigenvalue weighted by molar-refractivity contribution is 7.99. The van der Waals surface area contributed by atoms with Gasteiger partial charge in [-0.05, 0) is 41.8 Å². The molecule has 4 rings (SSSR count). The molecule has 2 heterocycles. The Balaban J connectivity index is 1.54. The Bertz CT molecular complexity index is 998. The van der Waals surface area contributed by atoms with E-state index in [9.17, 15) is 4.79 Å². The standard InChI is InChI=1S/C21H21ClN4OS/c1-25(2)20(27)17-10-16(17)13-4-6-14(7-5-13)19-21(26(3)12-24-19)28-18-9-8-15(22)11-23-18/h4-9,11-12,16-17H,10H2,1-3H3/t16-,17-/m1/s1. The van der Waals surface area contributed by atoms with Gasteiger partial charge in [0.2, 0.25) is 5.91 Å². The zero-order valence-corrected chi connectivity index (χ0v) is 17.5. The van der Waals surface area contributed by atoms with Crippen LogP contribution in [0.1, 0.15) is 17.9 Å². The predicted octanol–water partition coefficient (Wildman–Crippen LogP) is 4.48. The van der Waals surface area contributed by atoms with Gasteiger partial charge in [0, 0.05) is 38.8 Å². The van der Waals surface area contributed by atoms with E-state index in [1.54, 1.807) is 22.9 Å². The van der Waals surface area contributed by atoms with E-state index in [1.807, 2.05) is 44.2 Å². The van der Waals surface area contributed by atoms with Crippen LogP contribution in [-0.2, 0) is 11.8 Å². The summed E-state index contributed by atoms with van der Waals surface area (Å²) in [5.74, 6) is 0.672. The van der Waals surface area contributed by atoms with Crippen molar-refractivity contribution in [2.45, 2.75) is 22.4 Å². The minimum absolute atomic E-state index is 0.123. The normalized spacial score (nSPS) is 18.1. The first-order valence-corrected chi connectivity index (χ1v) is 10.3. The first-order valence-electron chi connectivity index (χ1n) is 9.06. The van der Waals surface area contributed by atoms with Gasteiger partial charge < -0.3 is 9.47 Å². The molecule has 28 heavy (non-hydrogen) atoms. The van der Waals surface area contributed by atoms with Crippen LogP contribution in [0.15, 0.2) is 59.0 Å². The molecule has 1 fully saturated rings. The van der Waals surface area contributed by atoms with E-state index < -0.39 is 0 Å². The van der Waals surface area contributed by atoms with Crippen molar-refractivity contribution in [3.8, 4) is 11.3 Å². The summed E-state index contributed by atoms with van der Waals surface area (Å²) in [5, 5.41) is 2.51. The molecule has 1 amide bonds. The number of pyridine rings is 1. The Kier molecular flexibility index (Phi) is 5.17. The second kappa shape index (κ2) is 7.60. The highest BCUT2D eigenvalue weighted by atomic mass is 35.5. The van der Waals surface area contributed by atoms with Gasteiger partial charge in [0.1, 0.15) is 15.7 Å². The van der Waals surface area contributed by atoms with Crippen molar-refractivity contribution in [1.29, 1.82) is 0 Å². The van der Waals surface area contributed by atoms with Crippen molar-refractivity contribution in [2.24, 2.45) is 13.0 Å². The average Bonchev–Trinajstić information content (AvgIpc) is 3.41. The number of halogens is 1. The number of aromatic nitrogens is 3. The first kappa shape index (κ1) is 19.0. The van der Waals surface area contributed by atoms with E-state index >= 15 is 0 Å². The zero-order chi connectivity index (χ0) is 19.8. The van der Waals surface area contributed by atoms with Crippen LogP contribution in [0.3, 0.4) is 0 Å². The van der Waals surface area contributed by atoms with E-state index in [4.69, 9.17) is 11.6 Å². The number of hydrogen-bond acceptors (Lipinski definition) is 4. The minimum atomic E-state index is 0.123. The predicted molar refractivity (Wildman–Crippen MR) is 112 cm³/mol. The molecule has 2 aromatic heterocycles. The molecule has 0 unspecified atom stereocenters. The van der Waals surface area contributed by atoms with Gasteiger partial charge in [-0.15, -0.1) is 0 Å². The number of imidazole rings is 1. The zero-order valence-electron chi connectivity index (χ0n) is 16.0. The summed E-state index contributed by atoms with van der Waals surface area (Å²) in [6, 6.07) is 12.2. The van der Waals surface area contributed by atoms with Crippen LogP contribution in [0.5, 0.6) is 0 Å². The molecule has 0 spiro atoms. The highest BCUT2D eigenvalue weighted by Crippen LogP contribution is 2.48. The van der Waals surface area contributed by atoms with Crippen molar-refractivity contribution in [3.63, 3.8) is 0 Å². The van der Waals surface area contributed by atoms with Crippen LogP contribution in [0.2, 0.25) is 5.02 Å². The Morgan fingerprint density at radius 3 is 2.57 bits per heavy atom. The summed E-state index contributed by atoms with van der Waals surface area (Å²) >= 11 is 7.49. The average molecular weight is 413 g/mol. The van der Waals surface area contributed by atoms with E-state index in [0.29, 0.717) is 10.9 Å². The summed E-state index contributed by atoms with van der Waals surface area (Å²) in [7, 11) is 5.61. The molecular formula is C21H21ClN4OS. The molecule has 1 saturated carbocycles. The molecule has 144 valence electrons. The van der Waals surface area contributed by atoms with Crippen LogP contribution >= 0.6 is 23.4 Å². The number of carbonyl (C=O) groups excluding carboxylic acids is 1. The quantitative estimate of drug-likeness (QED) is 0.620. The van der Waals surface area contributed by atoms with Gasteiger partial charge in [0.05, 0.1) is 11.3 Å². The summed E-state index contributed by atoms with van der Waals surface area (Å²) in [4.78, 5) is 22.7. The number of carbonyl (C=O) groups is 1. The fraction of sp³-hybridized carbons (Fsp3) is 0.286. The topological polar surface area (TPSA) is 51.0 Å². The molecule has 1 aromatic carbocycles. The van der Waals surface area contributed by atoms with E-state index in [1.165, 1.54) is 5.56 Å². The van der Waals surface area contributed by atoms with Crippen molar-refractivity contribution >= 4 is 29.3 Å². The fourth-order valence-electron chi connectivity index (χ4n) is 3.32. The van der Waals surface area contributed by atoms with Crippen molar-refractivity contribution < 1.29 is 4.79 Å². The minimum Gasteiger partial charge on any atom is -0.349 e. The number of amides is 1. The first-order chi connectivity index (χ1) is 13.4. The van der Waals surface area contributed by atoms with E-state index in [0.717, 1.165) is 27.7 Å². The van der Waals surface area contributed by atoms with Crippen LogP contribution < -0.4 is 0 Å². The molecule has 5 nitrogen and oxygen atoms in total. The maximum Gasteiger partial charge on any atom is 0.225 e. The maximum atomic E-state index is 12.1. The largest absolute Gasteiger partial charge is 0.349 e. The fourth-order valence-corrected chi connectivity index (χ4v) is 4.32. The molecule has 0 saturated heterocycles. The van der Waals surface area contributed by atoms with Gasteiger partial charge in [0.15, 0.2) is 0 Å². The van der Waals surface area contributed by atoms with Crippen LogP contribution in [0, 0.1) is 5.92 Å². The number of benzene rings is 1. The maximum absolute atomic E-state index is 12.1.